The van der Waals surface area contributed by atoms with E-state index in [0.29, 0.717) is 29.4 Å². The number of hydrogen-bond acceptors (Lipinski definition) is 4. The van der Waals surface area contributed by atoms with Crippen LogP contribution in [0.25, 0.3) is 22.2 Å². The van der Waals surface area contributed by atoms with Gasteiger partial charge < -0.3 is 10.1 Å². The number of alkyl halides is 3. The smallest absolute Gasteiger partial charge is 0.389 e. The minimum atomic E-state index is -4.52. The first-order chi connectivity index (χ1) is 14.6. The number of halogens is 3. The van der Waals surface area contributed by atoms with Crippen molar-refractivity contribution in [3.8, 4) is 11.1 Å². The molecule has 31 heavy (non-hydrogen) atoms. The molecular formula is C21H22F3N3O3S. The van der Waals surface area contributed by atoms with Crippen molar-refractivity contribution in [2.45, 2.75) is 48.8 Å². The van der Waals surface area contributed by atoms with Crippen molar-refractivity contribution in [1.82, 2.24) is 14.7 Å². The highest BCUT2D eigenvalue weighted by Crippen LogP contribution is 2.35. The maximum atomic E-state index is 13.0. The Bertz CT molecular complexity index is 1180. The number of aromatic amines is 1. The number of nitrogens with zero attached hydrogens (tertiary/aromatic N) is 1. The summed E-state index contributed by atoms with van der Waals surface area (Å²) in [6, 6.07) is 8.45. The fraction of sp³-hybridized carbons (Fsp3) is 0.381. The second-order valence-electron chi connectivity index (χ2n) is 7.94. The molecule has 2 heterocycles. The average Bonchev–Trinajstić information content (AvgIpc) is 3.18. The maximum Gasteiger partial charge on any atom is 0.431 e. The largest absolute Gasteiger partial charge is 0.431 e. The molecule has 1 aliphatic rings. The van der Waals surface area contributed by atoms with Gasteiger partial charge in [-0.1, -0.05) is 31.4 Å². The van der Waals surface area contributed by atoms with E-state index in [9.17, 15) is 26.7 Å². The summed E-state index contributed by atoms with van der Waals surface area (Å²) in [7, 11) is -3.83. The Labute approximate surface area is 177 Å². The summed E-state index contributed by atoms with van der Waals surface area (Å²) in [5.74, 6) is 0. The Morgan fingerprint density at radius 2 is 1.77 bits per heavy atom. The minimum Gasteiger partial charge on any atom is -0.389 e. The molecule has 1 aliphatic carbocycles. The molecule has 2 aromatic heterocycles. The Balaban J connectivity index is 1.57. The van der Waals surface area contributed by atoms with Crippen LogP contribution in [-0.4, -0.2) is 35.6 Å². The standard InChI is InChI=1S/C21H22F3N3O3S/c22-21(23,24)18-12-17-16(8-11-25-19(17)27-18)14-4-6-15(7-5-14)31(29,30)26-13-20(28)9-2-1-3-10-20/h4-8,11-12,26,28H,1-3,9-10,13H2,(H,25,27). The maximum absolute atomic E-state index is 13.0. The minimum absolute atomic E-state index is 0.0195. The van der Waals surface area contributed by atoms with Crippen LogP contribution in [0.5, 0.6) is 0 Å². The molecule has 0 radical (unpaired) electrons. The Kier molecular flexibility index (Phi) is 5.57. The van der Waals surface area contributed by atoms with Gasteiger partial charge in [0.2, 0.25) is 10.0 Å². The van der Waals surface area contributed by atoms with Gasteiger partial charge in [0.05, 0.1) is 10.5 Å². The van der Waals surface area contributed by atoms with Gasteiger partial charge in [-0.3, -0.25) is 0 Å². The SMILES string of the molecule is O=S(=O)(NCC1(O)CCCCC1)c1ccc(-c2ccnc3[nH]c(C(F)(F)F)cc23)cc1. The number of aliphatic hydroxyl groups is 1. The van der Waals surface area contributed by atoms with Crippen LogP contribution in [0.4, 0.5) is 13.2 Å². The normalized spacial score (nSPS) is 17.2. The lowest BCUT2D eigenvalue weighted by atomic mass is 9.85. The molecule has 10 heteroatoms. The van der Waals surface area contributed by atoms with Crippen molar-refractivity contribution in [1.29, 1.82) is 0 Å². The molecule has 0 spiro atoms. The van der Waals surface area contributed by atoms with Gasteiger partial charge in [0.25, 0.3) is 0 Å². The van der Waals surface area contributed by atoms with Gasteiger partial charge in [-0.2, -0.15) is 13.2 Å². The first kappa shape index (κ1) is 21.8. The zero-order valence-electron chi connectivity index (χ0n) is 16.5. The second kappa shape index (κ2) is 7.92. The molecular weight excluding hydrogens is 431 g/mol. The number of H-pyrrole nitrogens is 1. The number of rotatable bonds is 5. The Hall–Kier alpha value is -2.43. The van der Waals surface area contributed by atoms with Crippen molar-refractivity contribution in [3.63, 3.8) is 0 Å². The van der Waals surface area contributed by atoms with Crippen molar-refractivity contribution in [2.24, 2.45) is 0 Å². The molecule has 0 bridgehead atoms. The molecule has 1 aromatic carbocycles. The van der Waals surface area contributed by atoms with E-state index in [1.54, 1.807) is 18.2 Å². The van der Waals surface area contributed by atoms with E-state index >= 15 is 0 Å². The first-order valence-electron chi connectivity index (χ1n) is 9.95. The van der Waals surface area contributed by atoms with E-state index in [2.05, 4.69) is 14.7 Å². The molecule has 0 atom stereocenters. The van der Waals surface area contributed by atoms with Crippen LogP contribution in [0.2, 0.25) is 0 Å². The van der Waals surface area contributed by atoms with E-state index in [1.165, 1.54) is 18.3 Å². The predicted octanol–water partition coefficient (Wildman–Crippen LogP) is 4.22. The molecule has 0 unspecified atom stereocenters. The summed E-state index contributed by atoms with van der Waals surface area (Å²) in [6.07, 6.45) is 0.747. The zero-order valence-corrected chi connectivity index (χ0v) is 17.4. The quantitative estimate of drug-likeness (QED) is 0.539. The van der Waals surface area contributed by atoms with Gasteiger partial charge in [-0.05, 0) is 48.2 Å². The van der Waals surface area contributed by atoms with E-state index < -0.39 is 27.5 Å². The number of pyridine rings is 1. The zero-order chi connectivity index (χ0) is 22.3. The number of hydrogen-bond donors (Lipinski definition) is 3. The first-order valence-corrected chi connectivity index (χ1v) is 11.4. The van der Waals surface area contributed by atoms with Crippen LogP contribution in [0.15, 0.2) is 47.5 Å². The lowest BCUT2D eigenvalue weighted by molar-refractivity contribution is -0.140. The van der Waals surface area contributed by atoms with Gasteiger partial charge in [0, 0.05) is 18.1 Å². The fourth-order valence-electron chi connectivity index (χ4n) is 3.94. The molecule has 0 aliphatic heterocycles. The van der Waals surface area contributed by atoms with Gasteiger partial charge >= 0.3 is 6.18 Å². The summed E-state index contributed by atoms with van der Waals surface area (Å²) >= 11 is 0. The highest BCUT2D eigenvalue weighted by molar-refractivity contribution is 7.89. The van der Waals surface area contributed by atoms with Crippen molar-refractivity contribution < 1.29 is 26.7 Å². The van der Waals surface area contributed by atoms with E-state index in [0.717, 1.165) is 25.3 Å². The summed E-state index contributed by atoms with van der Waals surface area (Å²) in [6.45, 7) is -0.0500. The van der Waals surface area contributed by atoms with E-state index in [-0.39, 0.29) is 17.1 Å². The van der Waals surface area contributed by atoms with Gasteiger partial charge in [-0.25, -0.2) is 18.1 Å². The van der Waals surface area contributed by atoms with Gasteiger partial charge in [0.1, 0.15) is 11.3 Å². The number of aromatic nitrogens is 2. The number of nitrogens with one attached hydrogen (secondary N) is 2. The predicted molar refractivity (Wildman–Crippen MR) is 110 cm³/mol. The average molecular weight is 453 g/mol. The third-order valence-electron chi connectivity index (χ3n) is 5.69. The third-order valence-corrected chi connectivity index (χ3v) is 7.11. The molecule has 1 saturated carbocycles. The number of sulfonamides is 1. The van der Waals surface area contributed by atoms with E-state index in [4.69, 9.17) is 0 Å². The topological polar surface area (TPSA) is 95.1 Å². The molecule has 1 fully saturated rings. The lowest BCUT2D eigenvalue weighted by Crippen LogP contribution is -2.44. The van der Waals surface area contributed by atoms with Crippen molar-refractivity contribution >= 4 is 21.1 Å². The molecule has 6 nitrogen and oxygen atoms in total. The summed E-state index contributed by atoms with van der Waals surface area (Å²) in [4.78, 5) is 6.23. The van der Waals surface area contributed by atoms with Gasteiger partial charge in [0.15, 0.2) is 0 Å². The molecule has 3 N–H and O–H groups in total. The monoisotopic (exact) mass is 453 g/mol. The van der Waals surface area contributed by atoms with Crippen LogP contribution in [0.1, 0.15) is 37.8 Å². The Morgan fingerprint density at radius 3 is 2.42 bits per heavy atom. The number of benzene rings is 1. The molecule has 4 rings (SSSR count). The fourth-order valence-corrected chi connectivity index (χ4v) is 5.06. The van der Waals surface area contributed by atoms with E-state index in [1.807, 2.05) is 0 Å². The van der Waals surface area contributed by atoms with Crippen molar-refractivity contribution in [3.05, 3.63) is 48.3 Å². The molecule has 3 aromatic rings. The van der Waals surface area contributed by atoms with Crippen LogP contribution in [0.3, 0.4) is 0 Å². The van der Waals surface area contributed by atoms with Crippen LogP contribution in [0, 0.1) is 0 Å². The summed E-state index contributed by atoms with van der Waals surface area (Å²) < 4.78 is 66.8. The lowest BCUT2D eigenvalue weighted by Gasteiger charge is -2.32. The van der Waals surface area contributed by atoms with Crippen LogP contribution in [-0.2, 0) is 16.2 Å². The molecule has 0 saturated heterocycles. The highest BCUT2D eigenvalue weighted by atomic mass is 32.2. The van der Waals surface area contributed by atoms with Crippen LogP contribution >= 0.6 is 0 Å². The molecule has 0 amide bonds. The third kappa shape index (κ3) is 4.60. The summed E-state index contributed by atoms with van der Waals surface area (Å²) in [5, 5.41) is 10.8. The Morgan fingerprint density at radius 1 is 1.10 bits per heavy atom. The number of fused-ring (bicyclic) bond motifs is 1. The van der Waals surface area contributed by atoms with Gasteiger partial charge in [-0.15, -0.1) is 0 Å². The summed E-state index contributed by atoms with van der Waals surface area (Å²) in [5.41, 5.74) is -0.760. The highest BCUT2D eigenvalue weighted by Gasteiger charge is 2.33. The molecule has 166 valence electrons. The van der Waals surface area contributed by atoms with Crippen LogP contribution < -0.4 is 4.72 Å². The van der Waals surface area contributed by atoms with Crippen molar-refractivity contribution in [2.75, 3.05) is 6.54 Å². The second-order valence-corrected chi connectivity index (χ2v) is 9.70.